The molecule has 3 rings (SSSR count). The van der Waals surface area contributed by atoms with E-state index in [0.717, 1.165) is 30.8 Å². The van der Waals surface area contributed by atoms with Crippen LogP contribution in [-0.4, -0.2) is 73.3 Å². The minimum absolute atomic E-state index is 0.0804. The molecular weight excluding hydrogens is 368 g/mol. The van der Waals surface area contributed by atoms with E-state index >= 15 is 0 Å². The van der Waals surface area contributed by atoms with Gasteiger partial charge < -0.3 is 15.3 Å². The highest BCUT2D eigenvalue weighted by molar-refractivity contribution is 5.89. The van der Waals surface area contributed by atoms with Crippen LogP contribution >= 0.6 is 0 Å². The molecule has 2 N–H and O–H groups in total. The second-order valence-corrected chi connectivity index (χ2v) is 8.31. The molecule has 0 bridgehead atoms. The third-order valence-corrected chi connectivity index (χ3v) is 5.37. The van der Waals surface area contributed by atoms with E-state index in [2.05, 4.69) is 34.3 Å². The fourth-order valence-corrected chi connectivity index (χ4v) is 3.91. The molecule has 1 aromatic heterocycles. The van der Waals surface area contributed by atoms with E-state index in [0.29, 0.717) is 13.1 Å². The summed E-state index contributed by atoms with van der Waals surface area (Å²) in [5.41, 5.74) is 0.833. The lowest BCUT2D eigenvalue weighted by Gasteiger charge is -2.47. The summed E-state index contributed by atoms with van der Waals surface area (Å²) in [4.78, 5) is 18.8. The Bertz CT molecular complexity index is 785. The van der Waals surface area contributed by atoms with Crippen molar-refractivity contribution in [3.8, 4) is 5.69 Å². The Morgan fingerprint density at radius 3 is 2.28 bits per heavy atom. The Kier molecular flexibility index (Phi) is 6.54. The Hall–Kier alpha value is -2.45. The lowest BCUT2D eigenvalue weighted by Crippen LogP contribution is -2.62. The molecule has 2 heterocycles. The van der Waals surface area contributed by atoms with Gasteiger partial charge in [0, 0.05) is 37.4 Å². The van der Waals surface area contributed by atoms with Gasteiger partial charge in [-0.15, -0.1) is 0 Å². The zero-order valence-corrected chi connectivity index (χ0v) is 17.7. The highest BCUT2D eigenvalue weighted by Gasteiger charge is 2.36. The van der Waals surface area contributed by atoms with Crippen molar-refractivity contribution >= 4 is 11.7 Å². The maximum atomic E-state index is 13.0. The number of aliphatic hydroxyl groups is 1. The van der Waals surface area contributed by atoms with Crippen molar-refractivity contribution in [3.63, 3.8) is 0 Å². The van der Waals surface area contributed by atoms with E-state index in [-0.39, 0.29) is 18.1 Å². The summed E-state index contributed by atoms with van der Waals surface area (Å²) in [6, 6.07) is 7.75. The van der Waals surface area contributed by atoms with Crippen molar-refractivity contribution in [3.05, 3.63) is 36.7 Å². The molecule has 0 aliphatic carbocycles. The normalized spacial score (nSPS) is 20.7. The van der Waals surface area contributed by atoms with Crippen molar-refractivity contribution in [1.82, 2.24) is 24.8 Å². The standard InChI is InChI=1S/C21H32N6O2/c1-5-17-14-26(18(6-2)13-25(17)15-21(3,4)29)20(28)24-16-7-9-19(10-8-16)27-22-11-12-23-27/h7-12,17-18,29H,5-6,13-15H2,1-4H3,(H,24,28)/t17-,18+/m1/s1. The number of rotatable bonds is 6. The fraction of sp³-hybridized carbons (Fsp3) is 0.571. The molecule has 0 saturated carbocycles. The predicted octanol–water partition coefficient (Wildman–Crippen LogP) is 2.74. The van der Waals surface area contributed by atoms with Crippen LogP contribution in [0.15, 0.2) is 36.7 Å². The van der Waals surface area contributed by atoms with Crippen LogP contribution in [0.5, 0.6) is 0 Å². The quantitative estimate of drug-likeness (QED) is 0.779. The van der Waals surface area contributed by atoms with Gasteiger partial charge in [0.25, 0.3) is 0 Å². The predicted molar refractivity (Wildman–Crippen MR) is 113 cm³/mol. The van der Waals surface area contributed by atoms with Gasteiger partial charge in [-0.2, -0.15) is 15.0 Å². The maximum absolute atomic E-state index is 13.0. The summed E-state index contributed by atoms with van der Waals surface area (Å²) in [6.45, 7) is 9.95. The molecule has 2 aromatic rings. The summed E-state index contributed by atoms with van der Waals surface area (Å²) in [7, 11) is 0. The molecule has 8 nitrogen and oxygen atoms in total. The van der Waals surface area contributed by atoms with E-state index < -0.39 is 5.60 Å². The van der Waals surface area contributed by atoms with Crippen molar-refractivity contribution < 1.29 is 9.90 Å². The van der Waals surface area contributed by atoms with Gasteiger partial charge >= 0.3 is 6.03 Å². The van der Waals surface area contributed by atoms with Crippen molar-refractivity contribution in [2.24, 2.45) is 0 Å². The number of aromatic nitrogens is 3. The highest BCUT2D eigenvalue weighted by atomic mass is 16.3. The molecule has 1 saturated heterocycles. The van der Waals surface area contributed by atoms with Gasteiger partial charge in [0.1, 0.15) is 0 Å². The van der Waals surface area contributed by atoms with Gasteiger partial charge in [0.05, 0.1) is 23.7 Å². The largest absolute Gasteiger partial charge is 0.389 e. The summed E-state index contributed by atoms with van der Waals surface area (Å²) < 4.78 is 0. The van der Waals surface area contributed by atoms with Crippen LogP contribution in [0.1, 0.15) is 40.5 Å². The number of nitrogens with zero attached hydrogens (tertiary/aromatic N) is 5. The Balaban J connectivity index is 1.67. The topological polar surface area (TPSA) is 86.5 Å². The molecule has 0 unspecified atom stereocenters. The molecule has 1 aliphatic rings. The molecule has 0 spiro atoms. The van der Waals surface area contributed by atoms with Crippen LogP contribution < -0.4 is 5.32 Å². The van der Waals surface area contributed by atoms with Gasteiger partial charge in [-0.1, -0.05) is 13.8 Å². The number of nitrogens with one attached hydrogen (secondary N) is 1. The van der Waals surface area contributed by atoms with E-state index in [1.54, 1.807) is 12.4 Å². The number of piperazine rings is 1. The second-order valence-electron chi connectivity index (χ2n) is 8.31. The molecule has 158 valence electrons. The van der Waals surface area contributed by atoms with E-state index in [1.807, 2.05) is 43.0 Å². The average molecular weight is 401 g/mol. The molecule has 2 amide bonds. The minimum Gasteiger partial charge on any atom is -0.389 e. The number of anilines is 1. The number of benzene rings is 1. The van der Waals surface area contributed by atoms with Crippen molar-refractivity contribution in [2.45, 2.75) is 58.2 Å². The van der Waals surface area contributed by atoms with E-state index in [9.17, 15) is 9.90 Å². The van der Waals surface area contributed by atoms with E-state index in [1.165, 1.54) is 4.80 Å². The molecule has 2 atom stereocenters. The Morgan fingerprint density at radius 1 is 1.10 bits per heavy atom. The number of β-amino-alcohol motifs (C(OH)–C–C–N with tert-alkyl or cyclic N) is 1. The van der Waals surface area contributed by atoms with Crippen molar-refractivity contribution in [2.75, 3.05) is 25.0 Å². The molecule has 1 fully saturated rings. The molecule has 29 heavy (non-hydrogen) atoms. The summed E-state index contributed by atoms with van der Waals surface area (Å²) in [5, 5.41) is 21.5. The molecule has 8 heteroatoms. The lowest BCUT2D eigenvalue weighted by molar-refractivity contribution is -0.0173. The number of amides is 2. The number of hydrogen-bond acceptors (Lipinski definition) is 5. The van der Waals surface area contributed by atoms with Gasteiger partial charge in [-0.25, -0.2) is 4.79 Å². The van der Waals surface area contributed by atoms with E-state index in [4.69, 9.17) is 0 Å². The van der Waals surface area contributed by atoms with Crippen LogP contribution in [0, 0.1) is 0 Å². The number of hydrogen-bond donors (Lipinski definition) is 2. The van der Waals surface area contributed by atoms with Crippen LogP contribution in [0.4, 0.5) is 10.5 Å². The van der Waals surface area contributed by atoms with Gasteiger partial charge in [-0.05, 0) is 51.0 Å². The average Bonchev–Trinajstić information content (AvgIpc) is 3.21. The van der Waals surface area contributed by atoms with Crippen LogP contribution in [0.2, 0.25) is 0 Å². The highest BCUT2D eigenvalue weighted by Crippen LogP contribution is 2.23. The Labute approximate surface area is 172 Å². The first-order valence-corrected chi connectivity index (χ1v) is 10.3. The smallest absolute Gasteiger partial charge is 0.322 e. The fourth-order valence-electron chi connectivity index (χ4n) is 3.91. The van der Waals surface area contributed by atoms with Gasteiger partial charge in [0.2, 0.25) is 0 Å². The van der Waals surface area contributed by atoms with Crippen LogP contribution in [-0.2, 0) is 0 Å². The second kappa shape index (κ2) is 8.92. The first-order valence-electron chi connectivity index (χ1n) is 10.3. The SMILES string of the molecule is CC[C@@H]1CN(C(=O)Nc2ccc(-n3nccn3)cc2)[C@@H](CC)CN1CC(C)(C)O. The Morgan fingerprint density at radius 2 is 1.72 bits per heavy atom. The van der Waals surface area contributed by atoms with Crippen LogP contribution in [0.3, 0.4) is 0 Å². The molecule has 1 aromatic carbocycles. The van der Waals surface area contributed by atoms with Gasteiger partial charge in [0.15, 0.2) is 0 Å². The number of urea groups is 1. The number of carbonyl (C=O) groups is 1. The lowest BCUT2D eigenvalue weighted by atomic mass is 10.00. The molecule has 1 aliphatic heterocycles. The molecule has 0 radical (unpaired) electrons. The number of carbonyl (C=O) groups excluding carboxylic acids is 1. The summed E-state index contributed by atoms with van der Waals surface area (Å²) in [5.74, 6) is 0. The monoisotopic (exact) mass is 400 g/mol. The first-order chi connectivity index (χ1) is 13.8. The summed E-state index contributed by atoms with van der Waals surface area (Å²) >= 11 is 0. The third kappa shape index (κ3) is 5.33. The molecular formula is C21H32N6O2. The third-order valence-electron chi connectivity index (χ3n) is 5.37. The zero-order valence-electron chi connectivity index (χ0n) is 17.7. The van der Waals surface area contributed by atoms with Gasteiger partial charge in [-0.3, -0.25) is 4.90 Å². The first kappa shape index (κ1) is 21.3. The zero-order chi connectivity index (χ0) is 21.0. The minimum atomic E-state index is -0.749. The maximum Gasteiger partial charge on any atom is 0.322 e. The summed E-state index contributed by atoms with van der Waals surface area (Å²) in [6.07, 6.45) is 5.06. The van der Waals surface area contributed by atoms with Crippen LogP contribution in [0.25, 0.3) is 5.69 Å². The van der Waals surface area contributed by atoms with Crippen molar-refractivity contribution in [1.29, 1.82) is 0 Å².